The topological polar surface area (TPSA) is 30.5 Å². The van der Waals surface area contributed by atoms with Crippen molar-refractivity contribution >= 4 is 0 Å². The molecule has 4 heteroatoms. The van der Waals surface area contributed by atoms with Gasteiger partial charge in [0.05, 0.1) is 6.61 Å². The molecule has 1 aromatic carbocycles. The van der Waals surface area contributed by atoms with E-state index in [4.69, 9.17) is 9.47 Å². The van der Waals surface area contributed by atoms with Gasteiger partial charge in [0.15, 0.2) is 11.6 Å². The van der Waals surface area contributed by atoms with Gasteiger partial charge in [-0.1, -0.05) is 19.1 Å². The van der Waals surface area contributed by atoms with E-state index < -0.39 is 0 Å². The average molecular weight is 269 g/mol. The van der Waals surface area contributed by atoms with Crippen LogP contribution in [0.15, 0.2) is 18.2 Å². The Balaban J connectivity index is 2.49. The van der Waals surface area contributed by atoms with Crippen molar-refractivity contribution < 1.29 is 13.9 Å². The largest absolute Gasteiger partial charge is 0.490 e. The van der Waals surface area contributed by atoms with E-state index >= 15 is 0 Å². The number of hydrogen-bond acceptors (Lipinski definition) is 3. The van der Waals surface area contributed by atoms with Gasteiger partial charge in [-0.25, -0.2) is 4.39 Å². The van der Waals surface area contributed by atoms with Crippen molar-refractivity contribution in [3.63, 3.8) is 0 Å². The summed E-state index contributed by atoms with van der Waals surface area (Å²) in [4.78, 5) is 0. The van der Waals surface area contributed by atoms with Gasteiger partial charge in [0.1, 0.15) is 0 Å². The van der Waals surface area contributed by atoms with Crippen LogP contribution in [0, 0.1) is 5.82 Å². The summed E-state index contributed by atoms with van der Waals surface area (Å²) in [7, 11) is 0. The summed E-state index contributed by atoms with van der Waals surface area (Å²) >= 11 is 0. The van der Waals surface area contributed by atoms with Crippen LogP contribution in [0.1, 0.15) is 32.3 Å². The van der Waals surface area contributed by atoms with Crippen molar-refractivity contribution in [3.05, 3.63) is 29.6 Å². The van der Waals surface area contributed by atoms with Crippen molar-refractivity contribution in [1.82, 2.24) is 5.32 Å². The lowest BCUT2D eigenvalue weighted by Crippen LogP contribution is -2.15. The Morgan fingerprint density at radius 2 is 2.05 bits per heavy atom. The van der Waals surface area contributed by atoms with Crippen LogP contribution >= 0.6 is 0 Å². The lowest BCUT2D eigenvalue weighted by atomic mass is 10.2. The third-order valence-corrected chi connectivity index (χ3v) is 2.67. The molecule has 0 bridgehead atoms. The van der Waals surface area contributed by atoms with Crippen LogP contribution < -0.4 is 10.1 Å². The zero-order chi connectivity index (χ0) is 13.9. The maximum absolute atomic E-state index is 13.8. The predicted molar refractivity (Wildman–Crippen MR) is 75.0 cm³/mol. The molecule has 1 N–H and O–H groups in total. The van der Waals surface area contributed by atoms with E-state index in [0.29, 0.717) is 32.1 Å². The molecule has 19 heavy (non-hydrogen) atoms. The highest BCUT2D eigenvalue weighted by Gasteiger charge is 2.09. The van der Waals surface area contributed by atoms with E-state index in [1.54, 1.807) is 6.07 Å². The normalized spacial score (nSPS) is 10.7. The third-order valence-electron chi connectivity index (χ3n) is 2.67. The summed E-state index contributed by atoms with van der Waals surface area (Å²) in [5, 5.41) is 3.26. The molecule has 0 spiro atoms. The van der Waals surface area contributed by atoms with Gasteiger partial charge in [0.25, 0.3) is 0 Å². The van der Waals surface area contributed by atoms with Crippen LogP contribution in [0.2, 0.25) is 0 Å². The van der Waals surface area contributed by atoms with Crippen molar-refractivity contribution in [1.29, 1.82) is 0 Å². The second kappa shape index (κ2) is 9.75. The van der Waals surface area contributed by atoms with Gasteiger partial charge in [-0.05, 0) is 26.0 Å². The predicted octanol–water partition coefficient (Wildman–Crippen LogP) is 3.13. The SMILES string of the molecule is CCCNCc1cccc(F)c1OCCCOCC. The van der Waals surface area contributed by atoms with Crippen LogP contribution in [-0.4, -0.2) is 26.4 Å². The first kappa shape index (κ1) is 15.9. The summed E-state index contributed by atoms with van der Waals surface area (Å²) < 4.78 is 24.5. The molecule has 3 nitrogen and oxygen atoms in total. The lowest BCUT2D eigenvalue weighted by Gasteiger charge is -2.13. The molecule has 1 aromatic rings. The third kappa shape index (κ3) is 6.03. The van der Waals surface area contributed by atoms with Gasteiger partial charge < -0.3 is 14.8 Å². The van der Waals surface area contributed by atoms with E-state index in [9.17, 15) is 4.39 Å². The Morgan fingerprint density at radius 3 is 2.79 bits per heavy atom. The van der Waals surface area contributed by atoms with Gasteiger partial charge in [-0.2, -0.15) is 0 Å². The molecule has 0 aliphatic rings. The van der Waals surface area contributed by atoms with Crippen LogP contribution in [0.3, 0.4) is 0 Å². The lowest BCUT2D eigenvalue weighted by molar-refractivity contribution is 0.130. The smallest absolute Gasteiger partial charge is 0.165 e. The Labute approximate surface area is 115 Å². The summed E-state index contributed by atoms with van der Waals surface area (Å²) in [6.45, 7) is 7.42. The van der Waals surface area contributed by atoms with Crippen LogP contribution in [0.25, 0.3) is 0 Å². The highest BCUT2D eigenvalue weighted by atomic mass is 19.1. The van der Waals surface area contributed by atoms with E-state index in [-0.39, 0.29) is 5.82 Å². The molecule has 0 atom stereocenters. The quantitative estimate of drug-likeness (QED) is 0.662. The average Bonchev–Trinajstić information content (AvgIpc) is 2.41. The molecule has 0 saturated heterocycles. The van der Waals surface area contributed by atoms with Gasteiger partial charge in [0, 0.05) is 31.7 Å². The minimum Gasteiger partial charge on any atom is -0.490 e. The highest BCUT2D eigenvalue weighted by Crippen LogP contribution is 2.22. The minimum absolute atomic E-state index is 0.299. The molecule has 0 radical (unpaired) electrons. The summed E-state index contributed by atoms with van der Waals surface area (Å²) in [6, 6.07) is 5.04. The summed E-state index contributed by atoms with van der Waals surface area (Å²) in [6.07, 6.45) is 1.82. The molecule has 108 valence electrons. The maximum Gasteiger partial charge on any atom is 0.165 e. The first-order chi connectivity index (χ1) is 9.29. The zero-order valence-electron chi connectivity index (χ0n) is 11.9. The van der Waals surface area contributed by atoms with Crippen molar-refractivity contribution in [2.24, 2.45) is 0 Å². The number of ether oxygens (including phenoxy) is 2. The van der Waals surface area contributed by atoms with E-state index in [0.717, 1.165) is 24.9 Å². The van der Waals surface area contributed by atoms with Crippen LogP contribution in [0.4, 0.5) is 4.39 Å². The first-order valence-electron chi connectivity index (χ1n) is 6.98. The summed E-state index contributed by atoms with van der Waals surface area (Å²) in [5.74, 6) is 0.0646. The second-order valence-electron chi connectivity index (χ2n) is 4.30. The fourth-order valence-corrected chi connectivity index (χ4v) is 1.73. The Hall–Kier alpha value is -1.13. The van der Waals surface area contributed by atoms with Gasteiger partial charge >= 0.3 is 0 Å². The maximum atomic E-state index is 13.8. The van der Waals surface area contributed by atoms with E-state index in [1.165, 1.54) is 6.07 Å². The first-order valence-corrected chi connectivity index (χ1v) is 6.98. The molecule has 0 aliphatic heterocycles. The number of para-hydroxylation sites is 1. The van der Waals surface area contributed by atoms with E-state index in [1.807, 2.05) is 13.0 Å². The van der Waals surface area contributed by atoms with Gasteiger partial charge in [-0.15, -0.1) is 0 Å². The van der Waals surface area contributed by atoms with Crippen molar-refractivity contribution in [2.75, 3.05) is 26.4 Å². The molecule has 0 amide bonds. The van der Waals surface area contributed by atoms with Crippen molar-refractivity contribution in [3.8, 4) is 5.75 Å². The number of hydrogen-bond donors (Lipinski definition) is 1. The second-order valence-corrected chi connectivity index (χ2v) is 4.30. The number of halogens is 1. The van der Waals surface area contributed by atoms with Crippen molar-refractivity contribution in [2.45, 2.75) is 33.2 Å². The molecule has 0 aliphatic carbocycles. The Bertz CT molecular complexity index is 358. The molecule has 0 saturated carbocycles. The Kier molecular flexibility index (Phi) is 8.18. The fraction of sp³-hybridized carbons (Fsp3) is 0.600. The molecular formula is C15H24FNO2. The van der Waals surface area contributed by atoms with Gasteiger partial charge in [-0.3, -0.25) is 0 Å². The molecule has 0 aromatic heterocycles. The standard InChI is InChI=1S/C15H24FNO2/c1-3-9-17-12-13-7-5-8-14(16)15(13)19-11-6-10-18-4-2/h5,7-8,17H,3-4,6,9-12H2,1-2H3. The molecule has 0 heterocycles. The summed E-state index contributed by atoms with van der Waals surface area (Å²) in [5.41, 5.74) is 0.866. The van der Waals surface area contributed by atoms with Crippen LogP contribution in [0.5, 0.6) is 5.75 Å². The van der Waals surface area contributed by atoms with Gasteiger partial charge in [0.2, 0.25) is 0 Å². The molecule has 0 unspecified atom stereocenters. The monoisotopic (exact) mass is 269 g/mol. The van der Waals surface area contributed by atoms with E-state index in [2.05, 4.69) is 12.2 Å². The number of nitrogens with one attached hydrogen (secondary N) is 1. The van der Waals surface area contributed by atoms with Crippen LogP contribution in [-0.2, 0) is 11.3 Å². The fourth-order valence-electron chi connectivity index (χ4n) is 1.73. The minimum atomic E-state index is -0.299. The molecule has 1 rings (SSSR count). The molecular weight excluding hydrogens is 245 g/mol. The highest BCUT2D eigenvalue weighted by molar-refractivity contribution is 5.34. The number of rotatable bonds is 10. The molecule has 0 fully saturated rings. The Morgan fingerprint density at radius 1 is 1.21 bits per heavy atom. The zero-order valence-corrected chi connectivity index (χ0v) is 11.9. The number of benzene rings is 1.